The summed E-state index contributed by atoms with van der Waals surface area (Å²) in [6, 6.07) is 3.60. The van der Waals surface area contributed by atoms with Gasteiger partial charge >= 0.3 is 0 Å². The zero-order valence-corrected chi connectivity index (χ0v) is 29.4. The van der Waals surface area contributed by atoms with Crippen LogP contribution < -0.4 is 10.6 Å². The molecule has 6 heterocycles. The molecule has 0 aromatic heterocycles. The van der Waals surface area contributed by atoms with Crippen LogP contribution in [0.2, 0.25) is 0 Å². The number of nitrogens with zero attached hydrogens (tertiary/aromatic N) is 6. The second-order valence-electron chi connectivity index (χ2n) is 15.0. The number of anilines is 2. The maximum absolute atomic E-state index is 14.5. The van der Waals surface area contributed by atoms with Crippen molar-refractivity contribution in [3.63, 3.8) is 0 Å². The van der Waals surface area contributed by atoms with Crippen molar-refractivity contribution in [1.29, 1.82) is 0 Å². The molecule has 2 aromatic rings. The molecule has 4 fully saturated rings. The third kappa shape index (κ3) is 6.40. The first-order valence-electron chi connectivity index (χ1n) is 19.2. The van der Waals surface area contributed by atoms with E-state index in [1.165, 1.54) is 35.5 Å². The molecule has 0 saturated carbocycles. The first-order chi connectivity index (χ1) is 24.5. The van der Waals surface area contributed by atoms with Gasteiger partial charge in [-0.15, -0.1) is 0 Å². The monoisotopic (exact) mass is 684 g/mol. The number of carbonyl (C=O) groups excluding carboxylic acids is 4. The Balaban J connectivity index is 1.21. The maximum atomic E-state index is 14.5. The van der Waals surface area contributed by atoms with E-state index in [0.717, 1.165) is 91.1 Å². The van der Waals surface area contributed by atoms with Crippen molar-refractivity contribution in [3.8, 4) is 0 Å². The number of benzene rings is 2. The van der Waals surface area contributed by atoms with Gasteiger partial charge < -0.3 is 30.2 Å². The highest BCUT2D eigenvalue weighted by Crippen LogP contribution is 2.44. The molecule has 12 nitrogen and oxygen atoms in total. The van der Waals surface area contributed by atoms with E-state index in [2.05, 4.69) is 30.2 Å². The van der Waals surface area contributed by atoms with Crippen LogP contribution in [0.4, 0.5) is 11.4 Å². The Labute approximate surface area is 295 Å². The number of hydrogen-bond acceptors (Lipinski definition) is 10. The summed E-state index contributed by atoms with van der Waals surface area (Å²) in [5.74, 6) is -1.41. The number of nitrogens with one attached hydrogen (secondary N) is 2. The predicted molar refractivity (Wildman–Crippen MR) is 194 cm³/mol. The van der Waals surface area contributed by atoms with E-state index in [1.54, 1.807) is 12.1 Å². The summed E-state index contributed by atoms with van der Waals surface area (Å²) in [5, 5.41) is 7.95. The van der Waals surface area contributed by atoms with Crippen LogP contribution in [0.1, 0.15) is 92.8 Å². The predicted octanol–water partition coefficient (Wildman–Crippen LogP) is 3.24. The molecule has 0 aliphatic carbocycles. The Morgan fingerprint density at radius 1 is 0.420 bits per heavy atom. The molecule has 4 saturated heterocycles. The van der Waals surface area contributed by atoms with Crippen LogP contribution >= 0.6 is 0 Å². The summed E-state index contributed by atoms with van der Waals surface area (Å²) < 4.78 is 0. The van der Waals surface area contributed by atoms with Crippen LogP contribution in [0.25, 0.3) is 10.8 Å². The van der Waals surface area contributed by atoms with Crippen LogP contribution in [0, 0.1) is 0 Å². The van der Waals surface area contributed by atoms with Crippen molar-refractivity contribution >= 4 is 45.8 Å². The van der Waals surface area contributed by atoms with Crippen molar-refractivity contribution in [2.24, 2.45) is 0 Å². The van der Waals surface area contributed by atoms with Gasteiger partial charge in [0.05, 0.1) is 22.3 Å². The van der Waals surface area contributed by atoms with Gasteiger partial charge in [-0.1, -0.05) is 0 Å². The van der Waals surface area contributed by atoms with Crippen molar-refractivity contribution in [2.75, 3.05) is 115 Å². The molecule has 2 N–H and O–H groups in total. The van der Waals surface area contributed by atoms with Gasteiger partial charge in [-0.3, -0.25) is 29.0 Å². The number of likely N-dealkylation sites (tertiary alicyclic amines) is 4. The van der Waals surface area contributed by atoms with Gasteiger partial charge in [0.2, 0.25) is 0 Å². The van der Waals surface area contributed by atoms with Crippen LogP contribution in [0.5, 0.6) is 0 Å². The first-order valence-corrected chi connectivity index (χ1v) is 19.2. The van der Waals surface area contributed by atoms with E-state index in [1.807, 2.05) is 0 Å². The second kappa shape index (κ2) is 14.6. The standard InChI is InChI=1S/C38H52N8O4/c47-35-27-25-29(39-9-19-41-11-1-2-12-41)33-31-28(36(48)45(37(33)49)23-21-43-15-5-6-16-43)26-30(40-10-20-42-13-3-4-14-42)34(32(27)31)38(50)46(35)24-22-44-17-7-8-18-44/h25-26,39-40H,1-24H2. The maximum Gasteiger partial charge on any atom is 0.263 e. The Bertz CT molecular complexity index is 1530. The van der Waals surface area contributed by atoms with E-state index < -0.39 is 0 Å². The largest absolute Gasteiger partial charge is 0.383 e. The number of imide groups is 2. The molecule has 0 radical (unpaired) electrons. The lowest BCUT2D eigenvalue weighted by Gasteiger charge is -2.35. The minimum absolute atomic E-state index is 0.301. The molecule has 6 aliphatic rings. The van der Waals surface area contributed by atoms with E-state index >= 15 is 0 Å². The van der Waals surface area contributed by atoms with E-state index in [-0.39, 0.29) is 23.6 Å². The smallest absolute Gasteiger partial charge is 0.263 e. The van der Waals surface area contributed by atoms with Gasteiger partial charge in [0.1, 0.15) is 0 Å². The van der Waals surface area contributed by atoms with Gasteiger partial charge in [0, 0.05) is 74.5 Å². The quantitative estimate of drug-likeness (QED) is 0.288. The third-order valence-electron chi connectivity index (χ3n) is 11.8. The highest BCUT2D eigenvalue weighted by Gasteiger charge is 2.43. The summed E-state index contributed by atoms with van der Waals surface area (Å²) in [5.41, 5.74) is 2.71. The third-order valence-corrected chi connectivity index (χ3v) is 11.8. The molecular formula is C38H52N8O4. The molecular weight excluding hydrogens is 632 g/mol. The van der Waals surface area contributed by atoms with Crippen molar-refractivity contribution in [2.45, 2.75) is 51.4 Å². The van der Waals surface area contributed by atoms with Gasteiger partial charge in [0.15, 0.2) is 0 Å². The Morgan fingerprint density at radius 2 is 0.740 bits per heavy atom. The molecule has 0 bridgehead atoms. The topological polar surface area (TPSA) is 112 Å². The molecule has 6 aliphatic heterocycles. The number of carbonyl (C=O) groups is 4. The molecule has 0 unspecified atom stereocenters. The molecule has 268 valence electrons. The van der Waals surface area contributed by atoms with Crippen LogP contribution in [-0.4, -0.2) is 158 Å². The zero-order chi connectivity index (χ0) is 34.2. The highest BCUT2D eigenvalue weighted by atomic mass is 16.2. The molecule has 8 rings (SSSR count). The molecule has 0 atom stereocenters. The summed E-state index contributed by atoms with van der Waals surface area (Å²) in [4.78, 5) is 70.0. The molecule has 2 aromatic carbocycles. The van der Waals surface area contributed by atoms with Crippen LogP contribution in [0.3, 0.4) is 0 Å². The van der Waals surface area contributed by atoms with Crippen molar-refractivity contribution in [3.05, 3.63) is 34.4 Å². The fourth-order valence-corrected chi connectivity index (χ4v) is 9.05. The molecule has 4 amide bonds. The van der Waals surface area contributed by atoms with Gasteiger partial charge in [-0.05, 0) is 116 Å². The number of amides is 4. The van der Waals surface area contributed by atoms with Gasteiger partial charge in [-0.25, -0.2) is 0 Å². The Morgan fingerprint density at radius 3 is 1.08 bits per heavy atom. The minimum Gasteiger partial charge on any atom is -0.383 e. The lowest BCUT2D eigenvalue weighted by molar-refractivity contribution is 0.0576. The van der Waals surface area contributed by atoms with E-state index in [9.17, 15) is 19.2 Å². The molecule has 50 heavy (non-hydrogen) atoms. The van der Waals surface area contributed by atoms with Crippen LogP contribution in [0.15, 0.2) is 12.1 Å². The first kappa shape index (κ1) is 33.6. The summed E-state index contributed by atoms with van der Waals surface area (Å²) >= 11 is 0. The van der Waals surface area contributed by atoms with Gasteiger partial charge in [-0.2, -0.15) is 0 Å². The average molecular weight is 685 g/mol. The Kier molecular flexibility index (Phi) is 9.78. The minimum atomic E-state index is -0.354. The van der Waals surface area contributed by atoms with Gasteiger partial charge in [0.25, 0.3) is 23.6 Å². The Hall–Kier alpha value is -3.58. The summed E-state index contributed by atoms with van der Waals surface area (Å²) in [7, 11) is 0. The van der Waals surface area contributed by atoms with E-state index in [0.29, 0.717) is 83.7 Å². The lowest BCUT2D eigenvalue weighted by atomic mass is 9.83. The second-order valence-corrected chi connectivity index (χ2v) is 15.0. The summed E-state index contributed by atoms with van der Waals surface area (Å²) in [6.45, 7) is 12.9. The van der Waals surface area contributed by atoms with Crippen molar-refractivity contribution < 1.29 is 19.2 Å². The van der Waals surface area contributed by atoms with E-state index in [4.69, 9.17) is 0 Å². The fraction of sp³-hybridized carbons (Fsp3) is 0.632. The SMILES string of the molecule is O=C1c2cc(NCCN3CCCC3)c3c4c(cc(NCCN5CCCC5)c(c24)C(=O)N1CCN1CCCC1)C(=O)N(CCN1CCCC1)C3=O. The normalized spacial score (nSPS) is 21.9. The number of rotatable bonds is 14. The lowest BCUT2D eigenvalue weighted by Crippen LogP contribution is -2.47. The van der Waals surface area contributed by atoms with Crippen LogP contribution in [-0.2, 0) is 0 Å². The molecule has 12 heteroatoms. The summed E-state index contributed by atoms with van der Waals surface area (Å²) in [6.07, 6.45) is 9.27. The number of hydrogen-bond donors (Lipinski definition) is 2. The molecule has 0 spiro atoms. The zero-order valence-electron chi connectivity index (χ0n) is 29.4. The van der Waals surface area contributed by atoms with Crippen molar-refractivity contribution in [1.82, 2.24) is 29.4 Å². The fourth-order valence-electron chi connectivity index (χ4n) is 9.05. The average Bonchev–Trinajstić information content (AvgIpc) is 3.96. The highest BCUT2D eigenvalue weighted by molar-refractivity contribution is 6.36.